The molecule has 0 aliphatic rings. The summed E-state index contributed by atoms with van der Waals surface area (Å²) < 4.78 is 9.47. The molecular weight excluding hydrogens is 231 g/mol. The van der Waals surface area contributed by atoms with E-state index in [0.29, 0.717) is 0 Å². The molecule has 0 aliphatic carbocycles. The van der Waals surface area contributed by atoms with Crippen LogP contribution in [0.5, 0.6) is 0 Å². The van der Waals surface area contributed by atoms with E-state index in [1.165, 1.54) is 21.6 Å². The van der Waals surface area contributed by atoms with E-state index in [9.17, 15) is 0 Å². The summed E-state index contributed by atoms with van der Waals surface area (Å²) in [5.41, 5.74) is 0. The molecule has 0 rings (SSSR count). The molecule has 0 fully saturated rings. The minimum Gasteiger partial charge on any atom is -0.327 e. The van der Waals surface area contributed by atoms with E-state index >= 15 is 0 Å². The Bertz CT molecular complexity index is 67.5. The molecule has 8 heteroatoms. The molecule has 0 bridgehead atoms. The highest BCUT2D eigenvalue weighted by Crippen LogP contribution is 2.46. The van der Waals surface area contributed by atoms with Gasteiger partial charge in [0.05, 0.1) is 22.1 Å². The summed E-state index contributed by atoms with van der Waals surface area (Å²) >= 11 is 2.23. The van der Waals surface area contributed by atoms with Crippen molar-refractivity contribution in [3.05, 3.63) is 0 Å². The molecule has 0 heterocycles. The Hall–Kier alpha value is 1.71. The van der Waals surface area contributed by atoms with Crippen molar-refractivity contribution in [3.63, 3.8) is 0 Å². The van der Waals surface area contributed by atoms with Crippen molar-refractivity contribution in [2.45, 2.75) is 0 Å². The molecule has 62 valence electrons. The highest BCUT2D eigenvalue weighted by molar-refractivity contribution is 8.75. The summed E-state index contributed by atoms with van der Waals surface area (Å²) in [5, 5.41) is 0. The molecule has 0 radical (unpaired) electrons. The van der Waals surface area contributed by atoms with Gasteiger partial charge in [-0.25, -0.2) is 7.94 Å². The summed E-state index contributed by atoms with van der Waals surface area (Å²) in [6.45, 7) is 0. The van der Waals surface area contributed by atoms with Crippen LogP contribution in [0.3, 0.4) is 0 Å². The van der Waals surface area contributed by atoms with E-state index in [1.807, 2.05) is 12.5 Å². The first kappa shape index (κ1) is 11.7. The average molecular weight is 238 g/mol. The van der Waals surface area contributed by atoms with Gasteiger partial charge in [0.1, 0.15) is 0 Å². The van der Waals surface area contributed by atoms with Crippen LogP contribution < -0.4 is 0 Å². The third kappa shape index (κ3) is 7.81. The maximum absolute atomic E-state index is 8.86. The molecule has 0 saturated carbocycles. The molecule has 0 aromatic carbocycles. The monoisotopic (exact) mass is 238 g/mol. The van der Waals surface area contributed by atoms with Gasteiger partial charge >= 0.3 is 8.60 Å². The van der Waals surface area contributed by atoms with E-state index in [1.54, 1.807) is 0 Å². The Morgan fingerprint density at radius 2 is 1.50 bits per heavy atom. The zero-order chi connectivity index (χ0) is 7.82. The second-order valence-corrected chi connectivity index (χ2v) is 6.28. The molecule has 0 spiro atoms. The minimum absolute atomic E-state index is 1.11. The highest BCUT2D eigenvalue weighted by atomic mass is 33.1. The Labute approximate surface area is 77.6 Å². The smallest absolute Gasteiger partial charge is 0.327 e. The van der Waals surface area contributed by atoms with Gasteiger partial charge in [-0.1, -0.05) is 21.6 Å². The molecule has 0 aromatic rings. The molecule has 0 atom stereocenters. The van der Waals surface area contributed by atoms with Crippen molar-refractivity contribution in [1.82, 2.24) is 0 Å². The van der Waals surface area contributed by atoms with Gasteiger partial charge in [0.25, 0.3) is 0 Å². The molecule has 0 aromatic heterocycles. The maximum atomic E-state index is 8.86. The van der Waals surface area contributed by atoms with Crippen molar-refractivity contribution in [2.24, 2.45) is 0 Å². The van der Waals surface area contributed by atoms with E-state index in [-0.39, 0.29) is 0 Å². The van der Waals surface area contributed by atoms with Gasteiger partial charge in [0, 0.05) is 0 Å². The van der Waals surface area contributed by atoms with Crippen LogP contribution in [0.4, 0.5) is 0 Å². The predicted molar refractivity (Wildman–Crippen MR) is 53.5 cm³/mol. The van der Waals surface area contributed by atoms with E-state index in [2.05, 4.69) is 0 Å². The first-order valence-corrected chi connectivity index (χ1v) is 8.14. The lowest BCUT2D eigenvalue weighted by Crippen LogP contribution is -1.71. The fourth-order valence-corrected chi connectivity index (χ4v) is 3.38. The van der Waals surface area contributed by atoms with Crippen molar-refractivity contribution < 1.29 is 12.8 Å². The van der Waals surface area contributed by atoms with Crippen LogP contribution in [-0.2, 0) is 7.94 Å². The van der Waals surface area contributed by atoms with Crippen LogP contribution in [0.25, 0.3) is 0 Å². The Balaban J connectivity index is 3.00. The van der Waals surface area contributed by atoms with E-state index in [4.69, 9.17) is 12.8 Å². The topological polar surface area (TPSA) is 38.7 Å². The van der Waals surface area contributed by atoms with Gasteiger partial charge in [0.15, 0.2) is 0 Å². The van der Waals surface area contributed by atoms with Gasteiger partial charge < -0.3 is 4.89 Å². The summed E-state index contributed by atoms with van der Waals surface area (Å²) in [7, 11) is 1.13. The second-order valence-electron chi connectivity index (χ2n) is 0.856. The van der Waals surface area contributed by atoms with Gasteiger partial charge in [0.2, 0.25) is 0 Å². The summed E-state index contributed by atoms with van der Waals surface area (Å²) in [4.78, 5) is 8.86. The molecule has 1 N–H and O–H groups in total. The molecule has 3 nitrogen and oxygen atoms in total. The lowest BCUT2D eigenvalue weighted by atomic mass is 12.0. The largest absolute Gasteiger partial charge is 0.355 e. The van der Waals surface area contributed by atoms with Crippen molar-refractivity contribution in [3.8, 4) is 0 Å². The SMILES string of the molecule is CSSOP(O)OSSC. The van der Waals surface area contributed by atoms with Crippen LogP contribution in [0.2, 0.25) is 0 Å². The minimum atomic E-state index is -1.71. The Morgan fingerprint density at radius 3 is 1.80 bits per heavy atom. The van der Waals surface area contributed by atoms with Gasteiger partial charge in [-0.15, -0.1) is 0 Å². The molecular formula is C2H7O3PS4. The van der Waals surface area contributed by atoms with Crippen LogP contribution in [0.1, 0.15) is 0 Å². The fourth-order valence-electron chi connectivity index (χ4n) is 0.125. The summed E-state index contributed by atoms with van der Waals surface area (Å²) in [5.74, 6) is 0. The van der Waals surface area contributed by atoms with Crippen LogP contribution in [0, 0.1) is 0 Å². The predicted octanol–water partition coefficient (Wildman–Crippen LogP) is 3.09. The standard InChI is InChI=1S/C2H7O3PS4/c1-7-9-4-6(3)5-10-8-2/h3H,1-2H3. The lowest BCUT2D eigenvalue weighted by Gasteiger charge is -2.03. The fraction of sp³-hybridized carbons (Fsp3) is 1.00. The third-order valence-corrected chi connectivity index (χ3v) is 4.02. The van der Waals surface area contributed by atoms with Crippen LogP contribution >= 0.6 is 52.3 Å². The molecule has 10 heavy (non-hydrogen) atoms. The highest BCUT2D eigenvalue weighted by Gasteiger charge is 2.06. The van der Waals surface area contributed by atoms with Crippen molar-refractivity contribution in [2.75, 3.05) is 12.5 Å². The van der Waals surface area contributed by atoms with Gasteiger partial charge in [-0.3, -0.25) is 0 Å². The maximum Gasteiger partial charge on any atom is 0.355 e. The number of rotatable bonds is 6. The molecule has 0 amide bonds. The van der Waals surface area contributed by atoms with Crippen LogP contribution in [0.15, 0.2) is 0 Å². The molecule has 0 saturated heterocycles. The van der Waals surface area contributed by atoms with Crippen LogP contribution in [-0.4, -0.2) is 17.4 Å². The van der Waals surface area contributed by atoms with E-state index < -0.39 is 8.60 Å². The summed E-state index contributed by atoms with van der Waals surface area (Å²) in [6.07, 6.45) is 3.71. The third-order valence-electron chi connectivity index (χ3n) is 0.324. The second kappa shape index (κ2) is 8.80. The first-order valence-electron chi connectivity index (χ1n) is 2.05. The lowest BCUT2D eigenvalue weighted by molar-refractivity contribution is 0.435. The number of hydrogen-bond donors (Lipinski definition) is 1. The average Bonchev–Trinajstić information content (AvgIpc) is 1.97. The van der Waals surface area contributed by atoms with Crippen molar-refractivity contribution >= 4 is 52.3 Å². The zero-order valence-electron chi connectivity index (χ0n) is 5.34. The zero-order valence-corrected chi connectivity index (χ0v) is 9.50. The molecule has 0 aliphatic heterocycles. The molecule has 0 unspecified atom stereocenters. The first-order chi connectivity index (χ1) is 4.81. The van der Waals surface area contributed by atoms with Gasteiger partial charge in [-0.05, 0) is 12.5 Å². The Morgan fingerprint density at radius 1 is 1.10 bits per heavy atom. The summed E-state index contributed by atoms with van der Waals surface area (Å²) in [6, 6.07) is 0. The number of hydrogen-bond acceptors (Lipinski definition) is 7. The van der Waals surface area contributed by atoms with E-state index in [0.717, 1.165) is 22.1 Å². The Kier molecular flexibility index (Phi) is 10.3. The van der Waals surface area contributed by atoms with Gasteiger partial charge in [-0.2, -0.15) is 0 Å². The normalized spacial score (nSPS) is 10.8. The quantitative estimate of drug-likeness (QED) is 0.433. The van der Waals surface area contributed by atoms with Crippen molar-refractivity contribution in [1.29, 1.82) is 0 Å².